The molecule has 1 aromatic carbocycles. The van der Waals surface area contributed by atoms with Crippen LogP contribution in [0.1, 0.15) is 34.1 Å². The van der Waals surface area contributed by atoms with Crippen molar-refractivity contribution in [3.8, 4) is 0 Å². The number of anilines is 1. The van der Waals surface area contributed by atoms with Crippen molar-refractivity contribution in [3.05, 3.63) is 45.3 Å². The fourth-order valence-electron chi connectivity index (χ4n) is 2.89. The molecule has 5 nitrogen and oxygen atoms in total. The molecule has 3 rings (SSSR count). The first kappa shape index (κ1) is 17.3. The Bertz CT molecular complexity index is 905. The zero-order valence-electron chi connectivity index (χ0n) is 12.9. The summed E-state index contributed by atoms with van der Waals surface area (Å²) in [6, 6.07) is 6.07. The van der Waals surface area contributed by atoms with Crippen LogP contribution in [0.15, 0.2) is 29.2 Å². The summed E-state index contributed by atoms with van der Waals surface area (Å²) >= 11 is 7.17. The zero-order valence-corrected chi connectivity index (χ0v) is 15.3. The maximum absolute atomic E-state index is 12.6. The van der Waals surface area contributed by atoms with Gasteiger partial charge in [0.15, 0.2) is 0 Å². The Kier molecular flexibility index (Phi) is 4.59. The van der Waals surface area contributed by atoms with E-state index in [-0.39, 0.29) is 20.5 Å². The van der Waals surface area contributed by atoms with Gasteiger partial charge in [0, 0.05) is 4.88 Å². The second-order valence-corrected chi connectivity index (χ2v) is 9.06. The number of carboxylic acid groups (broad SMARTS) is 1. The highest BCUT2D eigenvalue weighted by Crippen LogP contribution is 2.40. The Labute approximate surface area is 149 Å². The van der Waals surface area contributed by atoms with Gasteiger partial charge in [-0.1, -0.05) is 30.7 Å². The predicted molar refractivity (Wildman–Crippen MR) is 94.7 cm³/mol. The highest BCUT2D eigenvalue weighted by Gasteiger charge is 2.30. The van der Waals surface area contributed by atoms with Gasteiger partial charge in [0.2, 0.25) is 0 Å². The number of hydrogen-bond acceptors (Lipinski definition) is 4. The van der Waals surface area contributed by atoms with Crippen LogP contribution in [0, 0.1) is 5.92 Å². The molecule has 2 N–H and O–H groups in total. The second-order valence-electron chi connectivity index (χ2n) is 5.90. The van der Waals surface area contributed by atoms with Crippen LogP contribution < -0.4 is 4.72 Å². The smallest absolute Gasteiger partial charge is 0.339 e. The average Bonchev–Trinajstić information content (AvgIpc) is 2.83. The summed E-state index contributed by atoms with van der Waals surface area (Å²) in [5.41, 5.74) is 0.819. The van der Waals surface area contributed by atoms with Crippen molar-refractivity contribution in [3.63, 3.8) is 0 Å². The van der Waals surface area contributed by atoms with E-state index in [2.05, 4.69) is 11.6 Å². The van der Waals surface area contributed by atoms with E-state index in [9.17, 15) is 18.3 Å². The lowest BCUT2D eigenvalue weighted by Crippen LogP contribution is -2.16. The number of carbonyl (C=O) groups is 1. The van der Waals surface area contributed by atoms with Gasteiger partial charge >= 0.3 is 5.97 Å². The second kappa shape index (κ2) is 6.38. The van der Waals surface area contributed by atoms with Gasteiger partial charge in [-0.05, 0) is 42.9 Å². The normalized spacial score (nSPS) is 17.3. The number of fused-ring (bicyclic) bond motifs is 1. The number of carboxylic acids is 1. The Balaban J connectivity index is 2.04. The summed E-state index contributed by atoms with van der Waals surface area (Å²) in [6.07, 6.45) is 2.33. The molecule has 0 spiro atoms. The van der Waals surface area contributed by atoms with Gasteiger partial charge in [-0.25, -0.2) is 13.2 Å². The van der Waals surface area contributed by atoms with Crippen molar-refractivity contribution in [2.45, 2.75) is 31.1 Å². The van der Waals surface area contributed by atoms with E-state index < -0.39 is 16.0 Å². The van der Waals surface area contributed by atoms with Crippen LogP contribution in [0.4, 0.5) is 5.00 Å². The number of benzene rings is 1. The highest BCUT2D eigenvalue weighted by atomic mass is 35.5. The maximum Gasteiger partial charge on any atom is 0.339 e. The van der Waals surface area contributed by atoms with E-state index >= 15 is 0 Å². The van der Waals surface area contributed by atoms with E-state index in [4.69, 9.17) is 11.6 Å². The molecule has 0 radical (unpaired) electrons. The Hall–Kier alpha value is -1.57. The summed E-state index contributed by atoms with van der Waals surface area (Å²) in [5, 5.41) is 9.79. The minimum atomic E-state index is -3.95. The maximum atomic E-state index is 12.6. The number of sulfonamides is 1. The molecule has 0 saturated heterocycles. The number of rotatable bonds is 4. The molecule has 0 fully saturated rings. The third-order valence-electron chi connectivity index (χ3n) is 4.08. The van der Waals surface area contributed by atoms with E-state index in [1.807, 2.05) is 0 Å². The van der Waals surface area contributed by atoms with Gasteiger partial charge in [0.25, 0.3) is 10.0 Å². The van der Waals surface area contributed by atoms with E-state index in [0.717, 1.165) is 23.3 Å². The fraction of sp³-hybridized carbons (Fsp3) is 0.312. The molecule has 0 bridgehead atoms. The van der Waals surface area contributed by atoms with E-state index in [1.54, 1.807) is 12.1 Å². The van der Waals surface area contributed by atoms with Crippen molar-refractivity contribution in [1.29, 1.82) is 0 Å². The first-order valence-electron chi connectivity index (χ1n) is 7.44. The van der Waals surface area contributed by atoms with Gasteiger partial charge in [-0.3, -0.25) is 4.72 Å². The molecule has 1 heterocycles. The summed E-state index contributed by atoms with van der Waals surface area (Å²) in [5.74, 6) is -0.648. The Morgan fingerprint density at radius 2 is 2.08 bits per heavy atom. The number of hydrogen-bond donors (Lipinski definition) is 2. The van der Waals surface area contributed by atoms with Gasteiger partial charge in [-0.15, -0.1) is 11.3 Å². The van der Waals surface area contributed by atoms with Crippen LogP contribution >= 0.6 is 22.9 Å². The molecule has 0 aliphatic heterocycles. The number of thiophene rings is 1. The molecule has 0 saturated carbocycles. The molecular weight excluding hydrogens is 370 g/mol. The topological polar surface area (TPSA) is 83.5 Å². The molecule has 1 atom stereocenters. The van der Waals surface area contributed by atoms with Crippen LogP contribution in [0.25, 0.3) is 0 Å². The molecular formula is C16H16ClNO4S2. The predicted octanol–water partition coefficient (Wildman–Crippen LogP) is 4.03. The summed E-state index contributed by atoms with van der Waals surface area (Å²) in [4.78, 5) is 12.6. The van der Waals surface area contributed by atoms with Crippen molar-refractivity contribution in [2.75, 3.05) is 4.72 Å². The third kappa shape index (κ3) is 3.16. The lowest BCUT2D eigenvalue weighted by Gasteiger charge is -2.17. The number of halogens is 1. The monoisotopic (exact) mass is 385 g/mol. The summed E-state index contributed by atoms with van der Waals surface area (Å²) in [6.45, 7) is 2.11. The van der Waals surface area contributed by atoms with Crippen molar-refractivity contribution < 1.29 is 18.3 Å². The lowest BCUT2D eigenvalue weighted by atomic mass is 9.88. The molecule has 2 aromatic rings. The van der Waals surface area contributed by atoms with Crippen LogP contribution in [0.5, 0.6) is 0 Å². The molecule has 1 unspecified atom stereocenters. The van der Waals surface area contributed by atoms with Crippen LogP contribution in [0.3, 0.4) is 0 Å². The van der Waals surface area contributed by atoms with Gasteiger partial charge in [0.05, 0.1) is 10.6 Å². The van der Waals surface area contributed by atoms with Crippen LogP contribution in [0.2, 0.25) is 5.02 Å². The third-order valence-corrected chi connectivity index (χ3v) is 7.23. The Morgan fingerprint density at radius 1 is 1.38 bits per heavy atom. The van der Waals surface area contributed by atoms with Crippen molar-refractivity contribution in [2.24, 2.45) is 5.92 Å². The number of aromatic carboxylic acids is 1. The first-order chi connectivity index (χ1) is 11.3. The fourth-order valence-corrected chi connectivity index (χ4v) is 6.12. The minimum Gasteiger partial charge on any atom is -0.478 e. The molecule has 1 aliphatic carbocycles. The van der Waals surface area contributed by atoms with Gasteiger partial charge in [-0.2, -0.15) is 0 Å². The molecule has 1 aliphatic rings. The van der Waals surface area contributed by atoms with Crippen LogP contribution in [-0.2, 0) is 22.9 Å². The molecule has 128 valence electrons. The van der Waals surface area contributed by atoms with E-state index in [1.165, 1.54) is 23.5 Å². The quantitative estimate of drug-likeness (QED) is 0.832. The molecule has 8 heteroatoms. The standard InChI is InChI=1S/C16H16ClNO4S2/c1-9-6-7-10-12(8-9)23-15(14(10)16(19)20)18-24(21,22)13-5-3-2-4-11(13)17/h2-5,9,18H,6-8H2,1H3,(H,19,20). The molecule has 24 heavy (non-hydrogen) atoms. The number of nitrogens with one attached hydrogen (secondary N) is 1. The SMILES string of the molecule is CC1CCc2c(sc(NS(=O)(=O)c3ccccc3Cl)c2C(=O)O)C1. The average molecular weight is 386 g/mol. The first-order valence-corrected chi connectivity index (χ1v) is 10.1. The lowest BCUT2D eigenvalue weighted by molar-refractivity contribution is 0.0697. The summed E-state index contributed by atoms with van der Waals surface area (Å²) < 4.78 is 27.6. The summed E-state index contributed by atoms with van der Waals surface area (Å²) in [7, 11) is -3.95. The zero-order chi connectivity index (χ0) is 17.5. The van der Waals surface area contributed by atoms with Gasteiger partial charge in [0.1, 0.15) is 9.90 Å². The largest absolute Gasteiger partial charge is 0.478 e. The van der Waals surface area contributed by atoms with Crippen molar-refractivity contribution >= 4 is 43.9 Å². The minimum absolute atomic E-state index is 0.0669. The van der Waals surface area contributed by atoms with Crippen molar-refractivity contribution in [1.82, 2.24) is 0 Å². The van der Waals surface area contributed by atoms with E-state index in [0.29, 0.717) is 12.3 Å². The molecule has 0 amide bonds. The van der Waals surface area contributed by atoms with Crippen LogP contribution in [-0.4, -0.2) is 19.5 Å². The Morgan fingerprint density at radius 3 is 2.75 bits per heavy atom. The highest BCUT2D eigenvalue weighted by molar-refractivity contribution is 7.93. The molecule has 1 aromatic heterocycles. The van der Waals surface area contributed by atoms with Gasteiger partial charge < -0.3 is 5.11 Å².